The lowest BCUT2D eigenvalue weighted by atomic mass is 9.66. The van der Waals surface area contributed by atoms with Gasteiger partial charge in [-0.15, -0.1) is 0 Å². The molecular weight excluding hydrogens is 340 g/mol. The van der Waals surface area contributed by atoms with Gasteiger partial charge in [0.15, 0.2) is 0 Å². The van der Waals surface area contributed by atoms with E-state index in [9.17, 15) is 9.59 Å². The Morgan fingerprint density at radius 1 is 1.07 bits per heavy atom. The van der Waals surface area contributed by atoms with Gasteiger partial charge in [0.05, 0.1) is 5.41 Å². The molecule has 0 aromatic heterocycles. The van der Waals surface area contributed by atoms with Crippen LogP contribution in [0, 0.1) is 10.8 Å². The van der Waals surface area contributed by atoms with Gasteiger partial charge in [-0.2, -0.15) is 0 Å². The van der Waals surface area contributed by atoms with Gasteiger partial charge < -0.3 is 9.47 Å². The monoisotopic (exact) mass is 370 g/mol. The topological polar surface area (TPSA) is 52.6 Å². The lowest BCUT2D eigenvalue weighted by molar-refractivity contribution is -0.187. The molecule has 3 atom stereocenters. The number of hydrogen-bond donors (Lipinski definition) is 0. The highest BCUT2D eigenvalue weighted by Crippen LogP contribution is 2.66. The van der Waals surface area contributed by atoms with Gasteiger partial charge in [0, 0.05) is 5.41 Å². The predicted octanol–water partition coefficient (Wildman–Crippen LogP) is 4.90. The van der Waals surface area contributed by atoms with Gasteiger partial charge in [-0.3, -0.25) is 4.79 Å². The van der Waals surface area contributed by atoms with Crippen molar-refractivity contribution in [2.24, 2.45) is 10.8 Å². The summed E-state index contributed by atoms with van der Waals surface area (Å²) < 4.78 is 11.9. The van der Waals surface area contributed by atoms with Gasteiger partial charge in [0.2, 0.25) is 5.60 Å². The Labute approximate surface area is 161 Å². The fourth-order valence-corrected chi connectivity index (χ4v) is 5.28. The molecule has 3 aliphatic rings. The lowest BCUT2D eigenvalue weighted by Crippen LogP contribution is -2.49. The molecule has 0 N–H and O–H groups in total. The largest absolute Gasteiger partial charge is 0.455 e. The number of carbonyl (C=O) groups is 2. The molecule has 146 valence electrons. The van der Waals surface area contributed by atoms with E-state index < -0.39 is 16.4 Å². The maximum absolute atomic E-state index is 13.4. The van der Waals surface area contributed by atoms with Crippen LogP contribution in [-0.2, 0) is 25.5 Å². The molecule has 4 nitrogen and oxygen atoms in total. The van der Waals surface area contributed by atoms with Crippen LogP contribution in [0.2, 0.25) is 0 Å². The van der Waals surface area contributed by atoms with Gasteiger partial charge in [-0.1, -0.05) is 51.0 Å². The number of rotatable bonds is 2. The molecule has 4 heteroatoms. The molecule has 1 heterocycles. The van der Waals surface area contributed by atoms with Crippen molar-refractivity contribution < 1.29 is 19.1 Å². The van der Waals surface area contributed by atoms with Crippen molar-refractivity contribution in [3.63, 3.8) is 0 Å². The van der Waals surface area contributed by atoms with Crippen molar-refractivity contribution in [3.8, 4) is 0 Å². The van der Waals surface area contributed by atoms with E-state index in [0.29, 0.717) is 12.8 Å². The maximum atomic E-state index is 13.4. The fraction of sp³-hybridized carbons (Fsp3) is 0.652. The van der Waals surface area contributed by atoms with Gasteiger partial charge in [0.1, 0.15) is 6.10 Å². The number of esters is 2. The van der Waals surface area contributed by atoms with Crippen molar-refractivity contribution in [3.05, 3.63) is 35.4 Å². The number of carbonyl (C=O) groups excluding carboxylic acids is 2. The summed E-state index contributed by atoms with van der Waals surface area (Å²) in [6.07, 6.45) is 7.39. The summed E-state index contributed by atoms with van der Waals surface area (Å²) in [6.45, 7) is 5.87. The highest BCUT2D eigenvalue weighted by Gasteiger charge is 2.76. The number of hydrogen-bond acceptors (Lipinski definition) is 4. The molecule has 4 rings (SSSR count). The van der Waals surface area contributed by atoms with Crippen LogP contribution in [-0.4, -0.2) is 17.5 Å². The summed E-state index contributed by atoms with van der Waals surface area (Å²) in [6, 6.07) is 8.30. The normalized spacial score (nSPS) is 34.8. The molecule has 0 spiro atoms. The molecular formula is C23H30O4. The van der Waals surface area contributed by atoms with Crippen molar-refractivity contribution >= 4 is 11.9 Å². The molecule has 2 fully saturated rings. The minimum absolute atomic E-state index is 0.259. The zero-order chi connectivity index (χ0) is 19.3. The molecule has 1 aromatic rings. The Kier molecular flexibility index (Phi) is 4.36. The van der Waals surface area contributed by atoms with Gasteiger partial charge in [0.25, 0.3) is 0 Å². The molecule has 1 saturated carbocycles. The first kappa shape index (κ1) is 18.5. The van der Waals surface area contributed by atoms with Gasteiger partial charge in [-0.05, 0) is 56.6 Å². The standard InChI is InChI=1S/C23H30O4/c1-21(2)22(3)14-15-23(21,27-19(22)24)20(25)26-18-13-7-5-4-6-10-16-11-8-9-12-17(16)18/h8-9,11-12,18H,4-7,10,13-15H2,1-3H3/t18?,22?,23-/m1/s1. The molecule has 1 aliphatic heterocycles. The maximum Gasteiger partial charge on any atom is 0.351 e. The zero-order valence-electron chi connectivity index (χ0n) is 16.7. The minimum atomic E-state index is -1.15. The van der Waals surface area contributed by atoms with E-state index in [1.165, 1.54) is 18.4 Å². The summed E-state index contributed by atoms with van der Waals surface area (Å²) in [5.41, 5.74) is 0.0708. The van der Waals surface area contributed by atoms with Crippen LogP contribution >= 0.6 is 0 Å². The van der Waals surface area contributed by atoms with Crippen molar-refractivity contribution in [2.75, 3.05) is 0 Å². The Morgan fingerprint density at radius 2 is 1.81 bits per heavy atom. The van der Waals surface area contributed by atoms with Crippen molar-refractivity contribution in [1.29, 1.82) is 0 Å². The molecule has 0 radical (unpaired) electrons. The first-order chi connectivity index (χ1) is 12.8. The van der Waals surface area contributed by atoms with Crippen LogP contribution < -0.4 is 0 Å². The third-order valence-electron chi connectivity index (χ3n) is 7.73. The van der Waals surface area contributed by atoms with Crippen LogP contribution in [0.4, 0.5) is 0 Å². The summed E-state index contributed by atoms with van der Waals surface area (Å²) in [4.78, 5) is 25.9. The lowest BCUT2D eigenvalue weighted by Gasteiger charge is -2.35. The first-order valence-electron chi connectivity index (χ1n) is 10.3. The molecule has 2 bridgehead atoms. The summed E-state index contributed by atoms with van der Waals surface area (Å²) in [5.74, 6) is -0.619. The molecule has 1 saturated heterocycles. The van der Waals surface area contributed by atoms with E-state index in [4.69, 9.17) is 9.47 Å². The first-order valence-corrected chi connectivity index (χ1v) is 10.3. The summed E-state index contributed by atoms with van der Waals surface area (Å²) in [7, 11) is 0. The Hall–Kier alpha value is -1.84. The second-order valence-electron chi connectivity index (χ2n) is 9.22. The molecule has 27 heavy (non-hydrogen) atoms. The second-order valence-corrected chi connectivity index (χ2v) is 9.22. The van der Waals surface area contributed by atoms with Crippen molar-refractivity contribution in [2.45, 2.75) is 83.8 Å². The Morgan fingerprint density at radius 3 is 2.52 bits per heavy atom. The van der Waals surface area contributed by atoms with Crippen LogP contribution in [0.3, 0.4) is 0 Å². The number of benzene rings is 1. The van der Waals surface area contributed by atoms with E-state index in [2.05, 4.69) is 18.2 Å². The van der Waals surface area contributed by atoms with Crippen LogP contribution in [0.5, 0.6) is 0 Å². The number of ether oxygens (including phenoxy) is 2. The van der Waals surface area contributed by atoms with Gasteiger partial charge in [-0.25, -0.2) is 4.79 Å². The number of fused-ring (bicyclic) bond motifs is 3. The Bertz CT molecular complexity index is 767. The molecule has 2 unspecified atom stereocenters. The SMILES string of the molecule is CC12CC[C@](C(=O)OC3CCCCCCc4ccccc43)(OC1=O)C2(C)C. The average molecular weight is 370 g/mol. The third kappa shape index (κ3) is 2.55. The van der Waals surface area contributed by atoms with E-state index >= 15 is 0 Å². The van der Waals surface area contributed by atoms with Gasteiger partial charge >= 0.3 is 11.9 Å². The van der Waals surface area contributed by atoms with Crippen LogP contribution in [0.15, 0.2) is 24.3 Å². The highest BCUT2D eigenvalue weighted by molar-refractivity contribution is 5.93. The highest BCUT2D eigenvalue weighted by atomic mass is 16.6. The molecule has 2 aliphatic carbocycles. The third-order valence-corrected chi connectivity index (χ3v) is 7.73. The quantitative estimate of drug-likeness (QED) is 0.695. The second kappa shape index (κ2) is 6.35. The van der Waals surface area contributed by atoms with E-state index in [1.807, 2.05) is 26.8 Å². The van der Waals surface area contributed by atoms with Crippen LogP contribution in [0.1, 0.15) is 82.9 Å². The van der Waals surface area contributed by atoms with E-state index in [-0.39, 0.29) is 18.0 Å². The molecule has 1 aromatic carbocycles. The summed E-state index contributed by atoms with van der Waals surface area (Å²) in [5, 5.41) is 0. The summed E-state index contributed by atoms with van der Waals surface area (Å²) >= 11 is 0. The molecule has 0 amide bonds. The van der Waals surface area contributed by atoms with Crippen molar-refractivity contribution in [1.82, 2.24) is 0 Å². The van der Waals surface area contributed by atoms with Crippen LogP contribution in [0.25, 0.3) is 0 Å². The van der Waals surface area contributed by atoms with E-state index in [0.717, 1.165) is 31.2 Å². The average Bonchev–Trinajstić information content (AvgIpc) is 2.98. The number of aryl methyl sites for hydroxylation is 1. The van der Waals surface area contributed by atoms with E-state index in [1.54, 1.807) is 0 Å². The Balaban J connectivity index is 1.64. The fourth-order valence-electron chi connectivity index (χ4n) is 5.28. The predicted molar refractivity (Wildman–Crippen MR) is 102 cm³/mol. The minimum Gasteiger partial charge on any atom is -0.455 e. The zero-order valence-corrected chi connectivity index (χ0v) is 16.7. The smallest absolute Gasteiger partial charge is 0.351 e.